The molecule has 1 N–H and O–H groups in total. The van der Waals surface area contributed by atoms with Crippen LogP contribution in [0.25, 0.3) is 10.8 Å². The first-order valence-corrected chi connectivity index (χ1v) is 8.99. The van der Waals surface area contributed by atoms with E-state index in [1.54, 1.807) is 37.3 Å². The summed E-state index contributed by atoms with van der Waals surface area (Å²) in [5.41, 5.74) is -0.335. The van der Waals surface area contributed by atoms with Crippen molar-refractivity contribution in [1.29, 1.82) is 0 Å². The summed E-state index contributed by atoms with van der Waals surface area (Å²) in [6, 6.07) is 10.5. The number of hydrogen-bond donors (Lipinski definition) is 1. The Labute approximate surface area is 169 Å². The van der Waals surface area contributed by atoms with Gasteiger partial charge in [-0.1, -0.05) is 47.5 Å². The molecule has 1 amide bonds. The first-order chi connectivity index (χ1) is 13.3. The summed E-state index contributed by atoms with van der Waals surface area (Å²) < 4.78 is 0.805. The van der Waals surface area contributed by atoms with E-state index in [4.69, 9.17) is 23.2 Å². The monoisotopic (exact) mass is 418 g/mol. The van der Waals surface area contributed by atoms with Gasteiger partial charge >= 0.3 is 0 Å². The number of halogens is 2. The number of benzene rings is 2. The molecule has 0 bridgehead atoms. The van der Waals surface area contributed by atoms with Crippen molar-refractivity contribution in [3.8, 4) is 0 Å². The molecule has 3 aromatic rings. The van der Waals surface area contributed by atoms with Crippen molar-refractivity contribution >= 4 is 45.9 Å². The Balaban J connectivity index is 1.88. The standard InChI is InChI=1S/C19H15Cl2N3O4/c1-10(12-7-6-11(20)8-15(12)21)22-16(25)9-24-18(26)14-5-3-2-4-13(14)17(23-24)19(27)28/h2-8,10H,9H2,1H3,(H,22,25)(H,27,28)/p-1/t10-/m0/s1. The van der Waals surface area contributed by atoms with Crippen LogP contribution in [0.5, 0.6) is 0 Å². The molecule has 0 radical (unpaired) electrons. The minimum Gasteiger partial charge on any atom is -0.543 e. The second-order valence-corrected chi connectivity index (χ2v) is 6.94. The van der Waals surface area contributed by atoms with Gasteiger partial charge in [-0.3, -0.25) is 9.59 Å². The van der Waals surface area contributed by atoms with E-state index in [1.807, 2.05) is 0 Å². The van der Waals surface area contributed by atoms with Crippen molar-refractivity contribution in [3.05, 3.63) is 74.1 Å². The highest BCUT2D eigenvalue weighted by Crippen LogP contribution is 2.26. The highest BCUT2D eigenvalue weighted by molar-refractivity contribution is 6.35. The van der Waals surface area contributed by atoms with Gasteiger partial charge < -0.3 is 15.2 Å². The number of hydrogen-bond acceptors (Lipinski definition) is 5. The smallest absolute Gasteiger partial charge is 0.275 e. The first kappa shape index (κ1) is 19.9. The molecule has 0 spiro atoms. The van der Waals surface area contributed by atoms with Gasteiger partial charge in [0.05, 0.1) is 17.4 Å². The molecular weight excluding hydrogens is 405 g/mol. The van der Waals surface area contributed by atoms with Gasteiger partial charge in [-0.15, -0.1) is 0 Å². The summed E-state index contributed by atoms with van der Waals surface area (Å²) in [7, 11) is 0. The number of carboxylic acids is 1. The van der Waals surface area contributed by atoms with Crippen LogP contribution in [0.1, 0.15) is 29.0 Å². The van der Waals surface area contributed by atoms with E-state index < -0.39 is 35.7 Å². The maximum absolute atomic E-state index is 12.6. The SMILES string of the molecule is C[C@H](NC(=O)Cn1nc(C(=O)[O-])c2ccccc2c1=O)c1ccc(Cl)cc1Cl. The van der Waals surface area contributed by atoms with E-state index in [-0.39, 0.29) is 10.8 Å². The Bertz CT molecular complexity index is 1140. The maximum atomic E-state index is 12.6. The second-order valence-electron chi connectivity index (χ2n) is 6.10. The predicted molar refractivity (Wildman–Crippen MR) is 103 cm³/mol. The fourth-order valence-corrected chi connectivity index (χ4v) is 3.42. The van der Waals surface area contributed by atoms with E-state index >= 15 is 0 Å². The fraction of sp³-hybridized carbons (Fsp3) is 0.158. The van der Waals surface area contributed by atoms with Crippen molar-refractivity contribution in [2.45, 2.75) is 19.5 Å². The molecule has 0 saturated heterocycles. The number of fused-ring (bicyclic) bond motifs is 1. The number of nitrogens with zero attached hydrogens (tertiary/aromatic N) is 2. The lowest BCUT2D eigenvalue weighted by Gasteiger charge is -2.17. The van der Waals surface area contributed by atoms with Gasteiger partial charge in [-0.05, 0) is 30.7 Å². The third kappa shape index (κ3) is 4.00. The highest BCUT2D eigenvalue weighted by atomic mass is 35.5. The zero-order valence-electron chi connectivity index (χ0n) is 14.6. The molecule has 0 fully saturated rings. The molecule has 0 unspecified atom stereocenters. The number of amides is 1. The minimum absolute atomic E-state index is 0.137. The summed E-state index contributed by atoms with van der Waals surface area (Å²) in [5, 5.41) is 19.0. The average Bonchev–Trinajstić information content (AvgIpc) is 2.63. The van der Waals surface area contributed by atoms with Crippen LogP contribution in [0, 0.1) is 0 Å². The molecule has 2 aromatic carbocycles. The average molecular weight is 419 g/mol. The minimum atomic E-state index is -1.54. The largest absolute Gasteiger partial charge is 0.543 e. The zero-order valence-corrected chi connectivity index (χ0v) is 16.1. The van der Waals surface area contributed by atoms with Crippen LogP contribution < -0.4 is 16.0 Å². The van der Waals surface area contributed by atoms with Gasteiger partial charge in [0.15, 0.2) is 0 Å². The molecule has 0 saturated carbocycles. The van der Waals surface area contributed by atoms with Gasteiger partial charge in [0.2, 0.25) is 5.91 Å². The van der Waals surface area contributed by atoms with Crippen molar-refractivity contribution < 1.29 is 14.7 Å². The zero-order chi connectivity index (χ0) is 20.4. The van der Waals surface area contributed by atoms with Gasteiger partial charge in [0.25, 0.3) is 5.56 Å². The van der Waals surface area contributed by atoms with Crippen LogP contribution >= 0.6 is 23.2 Å². The summed E-state index contributed by atoms with van der Waals surface area (Å²) in [6.45, 7) is 1.26. The van der Waals surface area contributed by atoms with Gasteiger partial charge in [0, 0.05) is 15.4 Å². The van der Waals surface area contributed by atoms with Crippen molar-refractivity contribution in [3.63, 3.8) is 0 Å². The van der Waals surface area contributed by atoms with Crippen LogP contribution in [0.15, 0.2) is 47.3 Å². The third-order valence-corrected chi connectivity index (χ3v) is 4.72. The number of carbonyl (C=O) groups is 2. The third-order valence-electron chi connectivity index (χ3n) is 4.16. The van der Waals surface area contributed by atoms with Gasteiger partial charge in [0.1, 0.15) is 12.2 Å². The summed E-state index contributed by atoms with van der Waals surface area (Å²) in [5.74, 6) is -2.07. The molecule has 0 aliphatic rings. The van der Waals surface area contributed by atoms with E-state index in [0.29, 0.717) is 15.6 Å². The molecule has 7 nitrogen and oxygen atoms in total. The Morgan fingerprint density at radius 3 is 2.50 bits per heavy atom. The number of carboxylic acid groups (broad SMARTS) is 1. The van der Waals surface area contributed by atoms with Gasteiger partial charge in [-0.25, -0.2) is 4.68 Å². The van der Waals surface area contributed by atoms with Crippen molar-refractivity contribution in [2.75, 3.05) is 0 Å². The van der Waals surface area contributed by atoms with Crippen molar-refractivity contribution in [2.24, 2.45) is 0 Å². The lowest BCUT2D eigenvalue weighted by Crippen LogP contribution is -2.37. The second kappa shape index (κ2) is 8.00. The lowest BCUT2D eigenvalue weighted by molar-refractivity contribution is -0.255. The number of carbonyl (C=O) groups excluding carboxylic acids is 2. The molecule has 3 rings (SSSR count). The first-order valence-electron chi connectivity index (χ1n) is 8.23. The summed E-state index contributed by atoms with van der Waals surface area (Å²) in [6.07, 6.45) is 0. The molecule has 1 heterocycles. The van der Waals surface area contributed by atoms with E-state index in [1.165, 1.54) is 12.1 Å². The molecule has 1 aromatic heterocycles. The Morgan fingerprint density at radius 2 is 1.86 bits per heavy atom. The number of aromatic nitrogens is 2. The Kier molecular flexibility index (Phi) is 5.67. The van der Waals surface area contributed by atoms with Crippen LogP contribution in [0.2, 0.25) is 10.0 Å². The molecule has 0 aliphatic carbocycles. The predicted octanol–water partition coefficient (Wildman–Crippen LogP) is 1.94. The molecule has 28 heavy (non-hydrogen) atoms. The van der Waals surface area contributed by atoms with Crippen LogP contribution in [-0.4, -0.2) is 21.7 Å². The Morgan fingerprint density at radius 1 is 1.18 bits per heavy atom. The topological polar surface area (TPSA) is 104 Å². The normalized spacial score (nSPS) is 12.0. The van der Waals surface area contributed by atoms with Crippen molar-refractivity contribution in [1.82, 2.24) is 15.1 Å². The van der Waals surface area contributed by atoms with E-state index in [0.717, 1.165) is 4.68 Å². The van der Waals surface area contributed by atoms with E-state index in [9.17, 15) is 19.5 Å². The van der Waals surface area contributed by atoms with Crippen LogP contribution in [-0.2, 0) is 11.3 Å². The highest BCUT2D eigenvalue weighted by Gasteiger charge is 2.16. The number of rotatable bonds is 5. The molecule has 1 atom stereocenters. The molecule has 144 valence electrons. The number of nitrogens with one attached hydrogen (secondary N) is 1. The van der Waals surface area contributed by atoms with Gasteiger partial charge in [-0.2, -0.15) is 5.10 Å². The van der Waals surface area contributed by atoms with Crippen LogP contribution in [0.4, 0.5) is 0 Å². The number of aromatic carboxylic acids is 1. The molecule has 0 aliphatic heterocycles. The molecular formula is C19H14Cl2N3O4-. The van der Waals surface area contributed by atoms with E-state index in [2.05, 4.69) is 10.4 Å². The molecule has 9 heteroatoms. The maximum Gasteiger partial charge on any atom is 0.275 e. The quantitative estimate of drug-likeness (QED) is 0.681. The lowest BCUT2D eigenvalue weighted by atomic mass is 10.1. The summed E-state index contributed by atoms with van der Waals surface area (Å²) >= 11 is 12.0. The fourth-order valence-electron chi connectivity index (χ4n) is 2.85. The Hall–Kier alpha value is -2.90. The summed E-state index contributed by atoms with van der Waals surface area (Å²) in [4.78, 5) is 36.3. The van der Waals surface area contributed by atoms with Crippen LogP contribution in [0.3, 0.4) is 0 Å².